The van der Waals surface area contributed by atoms with Crippen LogP contribution in [0.15, 0.2) is 24.3 Å². The SMILES string of the molecule is CCOc1ccc(NC(=O)CN2CCN(c3c(C)n[nH]c3C)CC2)cc1. The van der Waals surface area contributed by atoms with Gasteiger partial charge in [0.15, 0.2) is 0 Å². The summed E-state index contributed by atoms with van der Waals surface area (Å²) in [6.07, 6.45) is 0. The molecule has 0 atom stereocenters. The Bertz CT molecular complexity index is 713. The first-order valence-electron chi connectivity index (χ1n) is 9.08. The van der Waals surface area contributed by atoms with E-state index in [0.717, 1.165) is 49.0 Å². The molecular weight excluding hydrogens is 330 g/mol. The summed E-state index contributed by atoms with van der Waals surface area (Å²) in [5.41, 5.74) is 4.12. The molecule has 3 rings (SSSR count). The van der Waals surface area contributed by atoms with Crippen molar-refractivity contribution in [2.75, 3.05) is 49.5 Å². The summed E-state index contributed by atoms with van der Waals surface area (Å²) in [5.74, 6) is 0.824. The Morgan fingerprint density at radius 2 is 1.88 bits per heavy atom. The highest BCUT2D eigenvalue weighted by molar-refractivity contribution is 5.92. The number of aryl methyl sites for hydroxylation is 2. The van der Waals surface area contributed by atoms with Crippen molar-refractivity contribution in [2.45, 2.75) is 20.8 Å². The summed E-state index contributed by atoms with van der Waals surface area (Å²) in [4.78, 5) is 16.8. The molecule has 1 fully saturated rings. The van der Waals surface area contributed by atoms with Crippen LogP contribution in [0.4, 0.5) is 11.4 Å². The molecule has 7 heteroatoms. The number of benzene rings is 1. The van der Waals surface area contributed by atoms with Gasteiger partial charge in [-0.3, -0.25) is 14.8 Å². The van der Waals surface area contributed by atoms with Gasteiger partial charge in [-0.2, -0.15) is 5.10 Å². The third-order valence-corrected chi connectivity index (χ3v) is 4.59. The van der Waals surface area contributed by atoms with Crippen molar-refractivity contribution in [2.24, 2.45) is 0 Å². The van der Waals surface area contributed by atoms with Crippen molar-refractivity contribution in [3.63, 3.8) is 0 Å². The number of ether oxygens (including phenoxy) is 1. The van der Waals surface area contributed by atoms with Gasteiger partial charge in [0.25, 0.3) is 0 Å². The van der Waals surface area contributed by atoms with Gasteiger partial charge in [0.05, 0.1) is 30.2 Å². The van der Waals surface area contributed by atoms with Gasteiger partial charge < -0.3 is 15.0 Å². The van der Waals surface area contributed by atoms with Gasteiger partial charge in [-0.15, -0.1) is 0 Å². The molecule has 0 radical (unpaired) electrons. The molecule has 0 unspecified atom stereocenters. The van der Waals surface area contributed by atoms with E-state index in [1.807, 2.05) is 45.0 Å². The number of piperazine rings is 1. The zero-order chi connectivity index (χ0) is 18.5. The predicted octanol–water partition coefficient (Wildman–Crippen LogP) is 2.19. The largest absolute Gasteiger partial charge is 0.494 e. The summed E-state index contributed by atoms with van der Waals surface area (Å²) in [5, 5.41) is 10.3. The highest BCUT2D eigenvalue weighted by Gasteiger charge is 2.22. The lowest BCUT2D eigenvalue weighted by Gasteiger charge is -2.35. The lowest BCUT2D eigenvalue weighted by molar-refractivity contribution is -0.117. The molecule has 0 spiro atoms. The second kappa shape index (κ2) is 8.23. The van der Waals surface area contributed by atoms with Crippen LogP contribution in [0.5, 0.6) is 5.75 Å². The van der Waals surface area contributed by atoms with E-state index in [1.165, 1.54) is 5.69 Å². The minimum atomic E-state index is 0.0123. The van der Waals surface area contributed by atoms with Crippen molar-refractivity contribution in [3.05, 3.63) is 35.7 Å². The summed E-state index contributed by atoms with van der Waals surface area (Å²) < 4.78 is 5.41. The van der Waals surface area contributed by atoms with E-state index in [9.17, 15) is 4.79 Å². The molecule has 0 aliphatic carbocycles. The maximum atomic E-state index is 12.3. The Morgan fingerprint density at radius 3 is 2.46 bits per heavy atom. The molecule has 0 saturated carbocycles. The lowest BCUT2D eigenvalue weighted by Crippen LogP contribution is -2.49. The lowest BCUT2D eigenvalue weighted by atomic mass is 10.2. The smallest absolute Gasteiger partial charge is 0.238 e. The van der Waals surface area contributed by atoms with E-state index in [2.05, 4.69) is 25.3 Å². The molecule has 1 amide bonds. The standard InChI is InChI=1S/C19H27N5O2/c1-4-26-17-7-5-16(6-8-17)20-18(25)13-23-9-11-24(12-10-23)19-14(2)21-22-15(19)3/h5-8H,4,9-13H2,1-3H3,(H,20,25)(H,21,22). The fraction of sp³-hybridized carbons (Fsp3) is 0.474. The van der Waals surface area contributed by atoms with Crippen LogP contribution in [0.3, 0.4) is 0 Å². The number of rotatable bonds is 6. The van der Waals surface area contributed by atoms with E-state index in [1.54, 1.807) is 0 Å². The van der Waals surface area contributed by atoms with E-state index in [-0.39, 0.29) is 5.91 Å². The Kier molecular flexibility index (Phi) is 5.78. The van der Waals surface area contributed by atoms with Crippen LogP contribution in [-0.2, 0) is 4.79 Å². The topological polar surface area (TPSA) is 73.5 Å². The van der Waals surface area contributed by atoms with Gasteiger partial charge in [0.2, 0.25) is 5.91 Å². The molecular formula is C19H27N5O2. The Labute approximate surface area is 154 Å². The molecule has 1 saturated heterocycles. The average Bonchev–Trinajstić information content (AvgIpc) is 2.96. The van der Waals surface area contributed by atoms with Crippen LogP contribution in [0.25, 0.3) is 0 Å². The number of carbonyl (C=O) groups excluding carboxylic acids is 1. The van der Waals surface area contributed by atoms with Crippen LogP contribution in [0.1, 0.15) is 18.3 Å². The van der Waals surface area contributed by atoms with E-state index >= 15 is 0 Å². The molecule has 1 aromatic heterocycles. The van der Waals surface area contributed by atoms with Crippen LogP contribution in [0, 0.1) is 13.8 Å². The number of nitrogens with one attached hydrogen (secondary N) is 2. The maximum Gasteiger partial charge on any atom is 0.238 e. The van der Waals surface area contributed by atoms with Crippen molar-refractivity contribution >= 4 is 17.3 Å². The minimum Gasteiger partial charge on any atom is -0.494 e. The third kappa shape index (κ3) is 4.35. The number of nitrogens with zero attached hydrogens (tertiary/aromatic N) is 3. The van der Waals surface area contributed by atoms with Gasteiger partial charge in [-0.1, -0.05) is 0 Å². The van der Waals surface area contributed by atoms with Gasteiger partial charge in [-0.05, 0) is 45.0 Å². The Morgan fingerprint density at radius 1 is 1.19 bits per heavy atom. The minimum absolute atomic E-state index is 0.0123. The monoisotopic (exact) mass is 357 g/mol. The number of H-pyrrole nitrogens is 1. The molecule has 2 N–H and O–H groups in total. The first-order chi connectivity index (χ1) is 12.6. The van der Waals surface area contributed by atoms with Crippen LogP contribution in [0.2, 0.25) is 0 Å². The number of carbonyl (C=O) groups is 1. The van der Waals surface area contributed by atoms with Crippen molar-refractivity contribution in [1.29, 1.82) is 0 Å². The zero-order valence-corrected chi connectivity index (χ0v) is 15.7. The Hall–Kier alpha value is -2.54. The average molecular weight is 357 g/mol. The zero-order valence-electron chi connectivity index (χ0n) is 15.7. The predicted molar refractivity (Wildman–Crippen MR) is 103 cm³/mol. The van der Waals surface area contributed by atoms with Gasteiger partial charge >= 0.3 is 0 Å². The molecule has 140 valence electrons. The molecule has 7 nitrogen and oxygen atoms in total. The second-order valence-electron chi connectivity index (χ2n) is 6.55. The molecule has 2 aromatic rings. The van der Waals surface area contributed by atoms with Gasteiger partial charge in [-0.25, -0.2) is 0 Å². The maximum absolute atomic E-state index is 12.3. The first kappa shape index (κ1) is 18.3. The fourth-order valence-electron chi connectivity index (χ4n) is 3.35. The first-order valence-corrected chi connectivity index (χ1v) is 9.08. The second-order valence-corrected chi connectivity index (χ2v) is 6.55. The molecule has 26 heavy (non-hydrogen) atoms. The van der Waals surface area contributed by atoms with Crippen molar-refractivity contribution < 1.29 is 9.53 Å². The van der Waals surface area contributed by atoms with Gasteiger partial charge in [0.1, 0.15) is 5.75 Å². The quantitative estimate of drug-likeness (QED) is 0.829. The number of hydrogen-bond acceptors (Lipinski definition) is 5. The number of amides is 1. The van der Waals surface area contributed by atoms with Crippen molar-refractivity contribution in [1.82, 2.24) is 15.1 Å². The number of hydrogen-bond donors (Lipinski definition) is 2. The van der Waals surface area contributed by atoms with Crippen molar-refractivity contribution in [3.8, 4) is 5.75 Å². The third-order valence-electron chi connectivity index (χ3n) is 4.59. The molecule has 1 aliphatic rings. The Balaban J connectivity index is 1.47. The summed E-state index contributed by atoms with van der Waals surface area (Å²) in [6.45, 7) is 10.6. The number of anilines is 2. The molecule has 1 aromatic carbocycles. The van der Waals surface area contributed by atoms with E-state index in [0.29, 0.717) is 13.2 Å². The number of aromatic amines is 1. The fourth-order valence-corrected chi connectivity index (χ4v) is 3.35. The summed E-state index contributed by atoms with van der Waals surface area (Å²) >= 11 is 0. The number of aromatic nitrogens is 2. The highest BCUT2D eigenvalue weighted by Crippen LogP contribution is 2.23. The van der Waals surface area contributed by atoms with Gasteiger partial charge in [0, 0.05) is 31.9 Å². The van der Waals surface area contributed by atoms with Crippen LogP contribution < -0.4 is 15.0 Å². The molecule has 2 heterocycles. The summed E-state index contributed by atoms with van der Waals surface area (Å²) in [7, 11) is 0. The normalized spacial score (nSPS) is 15.1. The van der Waals surface area contributed by atoms with E-state index < -0.39 is 0 Å². The van der Waals surface area contributed by atoms with E-state index in [4.69, 9.17) is 4.74 Å². The summed E-state index contributed by atoms with van der Waals surface area (Å²) in [6, 6.07) is 7.47. The van der Waals surface area contributed by atoms with Crippen LogP contribution in [-0.4, -0.2) is 60.3 Å². The molecule has 1 aliphatic heterocycles. The van der Waals surface area contributed by atoms with Crippen LogP contribution >= 0.6 is 0 Å². The molecule has 0 bridgehead atoms. The highest BCUT2D eigenvalue weighted by atomic mass is 16.5.